The van der Waals surface area contributed by atoms with Gasteiger partial charge in [0, 0.05) is 12.7 Å². The molecule has 3 aromatic rings. The lowest BCUT2D eigenvalue weighted by atomic mass is 10.0. The minimum Gasteiger partial charge on any atom is -0.497 e. The molecule has 0 bridgehead atoms. The molecule has 2 amide bonds. The van der Waals surface area contributed by atoms with Crippen LogP contribution in [0.25, 0.3) is 5.57 Å². The molecule has 0 radical (unpaired) electrons. The summed E-state index contributed by atoms with van der Waals surface area (Å²) in [7, 11) is 3.40. The number of imide groups is 1. The summed E-state index contributed by atoms with van der Waals surface area (Å²) in [5, 5.41) is 0. The van der Waals surface area contributed by atoms with E-state index in [1.54, 1.807) is 24.1 Å². The van der Waals surface area contributed by atoms with Crippen molar-refractivity contribution in [3.05, 3.63) is 95.2 Å². The maximum Gasteiger partial charge on any atom is 0.282 e. The van der Waals surface area contributed by atoms with Gasteiger partial charge in [0.2, 0.25) is 0 Å². The topological polar surface area (TPSA) is 49.9 Å². The van der Waals surface area contributed by atoms with Crippen LogP contribution in [0.2, 0.25) is 0 Å². The van der Waals surface area contributed by atoms with Crippen LogP contribution in [0, 0.1) is 13.8 Å². The van der Waals surface area contributed by atoms with E-state index >= 15 is 0 Å². The van der Waals surface area contributed by atoms with Crippen LogP contribution in [-0.4, -0.2) is 26.0 Å². The van der Waals surface area contributed by atoms with Gasteiger partial charge in [0.25, 0.3) is 11.8 Å². The minimum absolute atomic E-state index is 0.337. The second kappa shape index (κ2) is 8.11. The number of ether oxygens (including phenoxy) is 1. The summed E-state index contributed by atoms with van der Waals surface area (Å²) in [6, 6.07) is 22.4. The van der Waals surface area contributed by atoms with E-state index in [4.69, 9.17) is 4.74 Å². The van der Waals surface area contributed by atoms with Crippen molar-refractivity contribution in [3.63, 3.8) is 0 Å². The molecule has 0 saturated heterocycles. The van der Waals surface area contributed by atoms with Crippen LogP contribution in [0.15, 0.2) is 78.5 Å². The molecule has 3 aromatic carbocycles. The third-order valence-electron chi connectivity index (χ3n) is 5.67. The van der Waals surface area contributed by atoms with Crippen LogP contribution in [-0.2, 0) is 9.59 Å². The Morgan fingerprint density at radius 1 is 0.806 bits per heavy atom. The Bertz CT molecular complexity index is 1180. The quantitative estimate of drug-likeness (QED) is 0.569. The van der Waals surface area contributed by atoms with Gasteiger partial charge >= 0.3 is 0 Å². The fourth-order valence-electron chi connectivity index (χ4n) is 3.73. The summed E-state index contributed by atoms with van der Waals surface area (Å²) < 4.78 is 5.25. The Labute approximate surface area is 182 Å². The SMILES string of the molecule is COc1ccc(C2=C(N(C)c3ccccc3)C(=O)N(c3ccc(C)c(C)c3)C2=O)cc1. The molecule has 0 saturated carbocycles. The average molecular weight is 412 g/mol. The van der Waals surface area contributed by atoms with Gasteiger partial charge in [0.05, 0.1) is 18.4 Å². The first-order valence-electron chi connectivity index (χ1n) is 10.1. The third kappa shape index (κ3) is 3.59. The van der Waals surface area contributed by atoms with Gasteiger partial charge < -0.3 is 9.64 Å². The molecule has 0 N–H and O–H groups in total. The summed E-state index contributed by atoms with van der Waals surface area (Å²) in [5.74, 6) is 0.00623. The standard InChI is InChI=1S/C26H24N2O3/c1-17-10-13-21(16-18(17)2)28-25(29)23(19-11-14-22(31-4)15-12-19)24(26(28)30)27(3)20-8-6-5-7-9-20/h5-16H,1-4H3. The number of nitrogens with zero attached hydrogens (tertiary/aromatic N) is 2. The smallest absolute Gasteiger partial charge is 0.282 e. The van der Waals surface area contributed by atoms with Crippen LogP contribution < -0.4 is 14.5 Å². The van der Waals surface area contributed by atoms with Gasteiger partial charge in [-0.15, -0.1) is 0 Å². The molecule has 4 rings (SSSR count). The number of rotatable bonds is 5. The zero-order valence-electron chi connectivity index (χ0n) is 18.0. The first-order chi connectivity index (χ1) is 14.9. The maximum absolute atomic E-state index is 13.6. The Hall–Kier alpha value is -3.86. The first-order valence-corrected chi connectivity index (χ1v) is 10.1. The number of hydrogen-bond acceptors (Lipinski definition) is 4. The Kier molecular flexibility index (Phi) is 5.34. The van der Waals surface area contributed by atoms with Crippen molar-refractivity contribution < 1.29 is 14.3 Å². The molecule has 0 atom stereocenters. The Balaban J connectivity index is 1.87. The van der Waals surface area contributed by atoms with E-state index in [0.717, 1.165) is 16.8 Å². The van der Waals surface area contributed by atoms with Gasteiger partial charge in [-0.2, -0.15) is 0 Å². The summed E-state index contributed by atoms with van der Waals surface area (Å²) in [5.41, 5.74) is 4.91. The van der Waals surface area contributed by atoms with E-state index in [1.165, 1.54) is 4.90 Å². The molecule has 1 aliphatic rings. The molecule has 0 fully saturated rings. The van der Waals surface area contributed by atoms with E-state index in [-0.39, 0.29) is 11.8 Å². The van der Waals surface area contributed by atoms with Crippen molar-refractivity contribution in [1.29, 1.82) is 0 Å². The van der Waals surface area contributed by atoms with Crippen molar-refractivity contribution in [2.24, 2.45) is 0 Å². The van der Waals surface area contributed by atoms with E-state index in [1.807, 2.05) is 81.6 Å². The third-order valence-corrected chi connectivity index (χ3v) is 5.67. The lowest BCUT2D eigenvalue weighted by Gasteiger charge is -2.22. The number of aryl methyl sites for hydroxylation is 2. The fraction of sp³-hybridized carbons (Fsp3) is 0.154. The van der Waals surface area contributed by atoms with Gasteiger partial charge in [-0.25, -0.2) is 4.90 Å². The van der Waals surface area contributed by atoms with Crippen molar-refractivity contribution in [3.8, 4) is 5.75 Å². The van der Waals surface area contributed by atoms with E-state index in [9.17, 15) is 9.59 Å². The highest BCUT2D eigenvalue weighted by Gasteiger charge is 2.42. The lowest BCUT2D eigenvalue weighted by Crippen LogP contribution is -2.34. The number of anilines is 2. The second-order valence-electron chi connectivity index (χ2n) is 7.56. The van der Waals surface area contributed by atoms with Gasteiger partial charge in [-0.1, -0.05) is 36.4 Å². The first kappa shape index (κ1) is 20.4. The molecule has 0 spiro atoms. The summed E-state index contributed by atoms with van der Waals surface area (Å²) in [4.78, 5) is 30.3. The van der Waals surface area contributed by atoms with Crippen molar-refractivity contribution in [2.45, 2.75) is 13.8 Å². The van der Waals surface area contributed by atoms with Gasteiger partial charge in [0.15, 0.2) is 0 Å². The zero-order valence-corrected chi connectivity index (χ0v) is 18.0. The Morgan fingerprint density at radius 3 is 2.10 bits per heavy atom. The van der Waals surface area contributed by atoms with Crippen LogP contribution in [0.1, 0.15) is 16.7 Å². The van der Waals surface area contributed by atoms with E-state index < -0.39 is 0 Å². The molecule has 156 valence electrons. The average Bonchev–Trinajstić information content (AvgIpc) is 3.05. The lowest BCUT2D eigenvalue weighted by molar-refractivity contribution is -0.120. The molecule has 0 unspecified atom stereocenters. The number of hydrogen-bond donors (Lipinski definition) is 0. The number of benzene rings is 3. The number of likely N-dealkylation sites (N-methyl/N-ethyl adjacent to an activating group) is 1. The van der Waals surface area contributed by atoms with Crippen LogP contribution in [0.3, 0.4) is 0 Å². The molecule has 0 aliphatic carbocycles. The zero-order chi connectivity index (χ0) is 22.1. The highest BCUT2D eigenvalue weighted by Crippen LogP contribution is 2.37. The number of para-hydroxylation sites is 1. The molecule has 5 nitrogen and oxygen atoms in total. The molecule has 5 heteroatoms. The Morgan fingerprint density at radius 2 is 1.48 bits per heavy atom. The number of methoxy groups -OCH3 is 1. The monoisotopic (exact) mass is 412 g/mol. The van der Waals surface area contributed by atoms with E-state index in [0.29, 0.717) is 28.3 Å². The molecule has 1 aliphatic heterocycles. The fourth-order valence-corrected chi connectivity index (χ4v) is 3.73. The van der Waals surface area contributed by atoms with Crippen molar-refractivity contribution >= 4 is 28.8 Å². The van der Waals surface area contributed by atoms with Crippen molar-refractivity contribution in [1.82, 2.24) is 0 Å². The molecular formula is C26H24N2O3. The number of carbonyl (C=O) groups is 2. The molecule has 1 heterocycles. The van der Waals surface area contributed by atoms with Crippen LogP contribution >= 0.6 is 0 Å². The largest absolute Gasteiger partial charge is 0.497 e. The van der Waals surface area contributed by atoms with Gasteiger partial charge in [0.1, 0.15) is 11.4 Å². The maximum atomic E-state index is 13.6. The molecule has 31 heavy (non-hydrogen) atoms. The van der Waals surface area contributed by atoms with Crippen LogP contribution in [0.4, 0.5) is 11.4 Å². The summed E-state index contributed by atoms with van der Waals surface area (Å²) >= 11 is 0. The van der Waals surface area contributed by atoms with Crippen molar-refractivity contribution in [2.75, 3.05) is 24.0 Å². The van der Waals surface area contributed by atoms with Gasteiger partial charge in [-0.3, -0.25) is 9.59 Å². The number of carbonyl (C=O) groups excluding carboxylic acids is 2. The number of amides is 2. The second-order valence-corrected chi connectivity index (χ2v) is 7.56. The highest BCUT2D eigenvalue weighted by molar-refractivity contribution is 6.46. The normalized spacial score (nSPS) is 13.7. The molecule has 0 aromatic heterocycles. The predicted octanol–water partition coefficient (Wildman–Crippen LogP) is 4.73. The predicted molar refractivity (Wildman–Crippen MR) is 123 cm³/mol. The summed E-state index contributed by atoms with van der Waals surface area (Å²) in [6.07, 6.45) is 0. The summed E-state index contributed by atoms with van der Waals surface area (Å²) in [6.45, 7) is 3.97. The van der Waals surface area contributed by atoms with Gasteiger partial charge in [-0.05, 0) is 66.9 Å². The highest BCUT2D eigenvalue weighted by atomic mass is 16.5. The molecular weight excluding hydrogens is 388 g/mol. The minimum atomic E-state index is -0.342. The van der Waals surface area contributed by atoms with Crippen LogP contribution in [0.5, 0.6) is 5.75 Å². The van der Waals surface area contributed by atoms with E-state index in [2.05, 4.69) is 0 Å².